The quantitative estimate of drug-likeness (QED) is 0.685. The normalized spacial score (nSPS) is 12.1. The molecule has 0 aromatic heterocycles. The predicted molar refractivity (Wildman–Crippen MR) is 88.1 cm³/mol. The second-order valence-corrected chi connectivity index (χ2v) is 5.44. The number of halogens is 1. The van der Waals surface area contributed by atoms with Crippen molar-refractivity contribution in [1.82, 2.24) is 0 Å². The van der Waals surface area contributed by atoms with Crippen molar-refractivity contribution >= 4 is 5.69 Å². The lowest BCUT2D eigenvalue weighted by Gasteiger charge is -2.21. The Labute approximate surface area is 127 Å². The van der Waals surface area contributed by atoms with Crippen molar-refractivity contribution in [3.05, 3.63) is 65.5 Å². The molecule has 2 aromatic carbocycles. The predicted octanol–water partition coefficient (Wildman–Crippen LogP) is 5.73. The molecule has 0 aliphatic heterocycles. The molecule has 0 radical (unpaired) electrons. The van der Waals surface area contributed by atoms with Crippen LogP contribution >= 0.6 is 0 Å². The van der Waals surface area contributed by atoms with Gasteiger partial charge in [-0.05, 0) is 48.2 Å². The lowest BCUT2D eigenvalue weighted by atomic mass is 10.0. The van der Waals surface area contributed by atoms with E-state index in [0.717, 1.165) is 36.9 Å². The molecule has 0 heterocycles. The van der Waals surface area contributed by atoms with Crippen molar-refractivity contribution in [2.45, 2.75) is 45.6 Å². The number of aryl methyl sites for hydroxylation is 1. The molecule has 0 saturated heterocycles. The van der Waals surface area contributed by atoms with Gasteiger partial charge in [0, 0.05) is 5.69 Å². The van der Waals surface area contributed by atoms with E-state index in [1.165, 1.54) is 5.56 Å². The molecule has 0 aliphatic carbocycles. The van der Waals surface area contributed by atoms with Gasteiger partial charge in [-0.15, -0.1) is 0 Å². The summed E-state index contributed by atoms with van der Waals surface area (Å²) < 4.78 is 13.1. The molecule has 2 aromatic rings. The van der Waals surface area contributed by atoms with Crippen LogP contribution in [0.4, 0.5) is 10.1 Å². The first-order chi connectivity index (χ1) is 10.2. The largest absolute Gasteiger partial charge is 0.378 e. The number of nitrogens with one attached hydrogen (secondary N) is 1. The van der Waals surface area contributed by atoms with Gasteiger partial charge in [-0.3, -0.25) is 0 Å². The van der Waals surface area contributed by atoms with E-state index in [-0.39, 0.29) is 11.9 Å². The molecule has 1 unspecified atom stereocenters. The number of anilines is 1. The Bertz CT molecular complexity index is 548. The Hall–Kier alpha value is -1.83. The molecule has 2 rings (SSSR count). The Morgan fingerprint density at radius 2 is 1.81 bits per heavy atom. The Kier molecular flexibility index (Phi) is 5.79. The molecular formula is C19H24FN. The number of hydrogen-bond acceptors (Lipinski definition) is 1. The first kappa shape index (κ1) is 15.6. The van der Waals surface area contributed by atoms with Crippen molar-refractivity contribution < 1.29 is 4.39 Å². The summed E-state index contributed by atoms with van der Waals surface area (Å²) in [7, 11) is 0. The van der Waals surface area contributed by atoms with Crippen molar-refractivity contribution in [3.63, 3.8) is 0 Å². The minimum Gasteiger partial charge on any atom is -0.378 e. The molecule has 21 heavy (non-hydrogen) atoms. The van der Waals surface area contributed by atoms with Crippen molar-refractivity contribution in [1.29, 1.82) is 0 Å². The van der Waals surface area contributed by atoms with Crippen molar-refractivity contribution in [2.75, 3.05) is 5.32 Å². The number of benzene rings is 2. The first-order valence-electron chi connectivity index (χ1n) is 7.84. The van der Waals surface area contributed by atoms with Crippen molar-refractivity contribution in [2.24, 2.45) is 0 Å². The van der Waals surface area contributed by atoms with E-state index in [2.05, 4.69) is 43.4 Å². The van der Waals surface area contributed by atoms with E-state index in [9.17, 15) is 4.39 Å². The average molecular weight is 285 g/mol. The summed E-state index contributed by atoms with van der Waals surface area (Å²) in [5, 5.41) is 3.60. The number of hydrogen-bond donors (Lipinski definition) is 1. The van der Waals surface area contributed by atoms with Gasteiger partial charge < -0.3 is 5.32 Å². The fourth-order valence-electron chi connectivity index (χ4n) is 2.51. The van der Waals surface area contributed by atoms with Gasteiger partial charge in [0.05, 0.1) is 6.04 Å². The fourth-order valence-corrected chi connectivity index (χ4v) is 2.51. The van der Waals surface area contributed by atoms with Crippen molar-refractivity contribution in [3.8, 4) is 0 Å². The van der Waals surface area contributed by atoms with Crippen LogP contribution in [0.5, 0.6) is 0 Å². The van der Waals surface area contributed by atoms with Gasteiger partial charge in [0.25, 0.3) is 0 Å². The van der Waals surface area contributed by atoms with E-state index in [1.807, 2.05) is 12.1 Å². The maximum absolute atomic E-state index is 13.1. The molecule has 2 heteroatoms. The van der Waals surface area contributed by atoms with Gasteiger partial charge in [0.2, 0.25) is 0 Å². The third-order valence-electron chi connectivity index (χ3n) is 3.79. The van der Waals surface area contributed by atoms with Gasteiger partial charge in [-0.25, -0.2) is 4.39 Å². The maximum atomic E-state index is 13.1. The fraction of sp³-hybridized carbons (Fsp3) is 0.368. The minimum absolute atomic E-state index is 0.180. The SMILES string of the molecule is CCCCC(Nc1cccc(CC)c1)c1ccc(F)cc1. The molecule has 112 valence electrons. The van der Waals surface area contributed by atoms with Gasteiger partial charge in [0.15, 0.2) is 0 Å². The minimum atomic E-state index is -0.180. The molecule has 0 spiro atoms. The molecule has 0 fully saturated rings. The van der Waals surface area contributed by atoms with Crippen LogP contribution in [0.15, 0.2) is 48.5 Å². The highest BCUT2D eigenvalue weighted by Crippen LogP contribution is 2.25. The van der Waals surface area contributed by atoms with Crippen LogP contribution < -0.4 is 5.32 Å². The molecular weight excluding hydrogens is 261 g/mol. The lowest BCUT2D eigenvalue weighted by Crippen LogP contribution is -2.11. The van der Waals surface area contributed by atoms with E-state index in [4.69, 9.17) is 0 Å². The summed E-state index contributed by atoms with van der Waals surface area (Å²) in [6, 6.07) is 15.6. The summed E-state index contributed by atoms with van der Waals surface area (Å²) >= 11 is 0. The Balaban J connectivity index is 2.17. The van der Waals surface area contributed by atoms with Crippen LogP contribution in [0, 0.1) is 5.82 Å². The van der Waals surface area contributed by atoms with Crippen LogP contribution in [0.2, 0.25) is 0 Å². The van der Waals surface area contributed by atoms with E-state index in [1.54, 1.807) is 12.1 Å². The lowest BCUT2D eigenvalue weighted by molar-refractivity contribution is 0.616. The zero-order chi connectivity index (χ0) is 15.1. The second kappa shape index (κ2) is 7.82. The Morgan fingerprint density at radius 3 is 2.48 bits per heavy atom. The summed E-state index contributed by atoms with van der Waals surface area (Å²) in [6.45, 7) is 4.35. The molecule has 1 atom stereocenters. The van der Waals surface area contributed by atoms with Gasteiger partial charge in [0.1, 0.15) is 5.82 Å². The second-order valence-electron chi connectivity index (χ2n) is 5.44. The molecule has 0 aliphatic rings. The third kappa shape index (κ3) is 4.59. The smallest absolute Gasteiger partial charge is 0.123 e. The van der Waals surface area contributed by atoms with Crippen LogP contribution in [0.1, 0.15) is 50.3 Å². The molecule has 0 bridgehead atoms. The summed E-state index contributed by atoms with van der Waals surface area (Å²) in [5.41, 5.74) is 3.61. The van der Waals surface area contributed by atoms with Gasteiger partial charge in [-0.1, -0.05) is 51.0 Å². The molecule has 1 nitrogen and oxygen atoms in total. The van der Waals surface area contributed by atoms with Crippen LogP contribution in [-0.4, -0.2) is 0 Å². The van der Waals surface area contributed by atoms with E-state index in [0.29, 0.717) is 0 Å². The van der Waals surface area contributed by atoms with E-state index >= 15 is 0 Å². The summed E-state index contributed by atoms with van der Waals surface area (Å²) in [4.78, 5) is 0. The van der Waals surface area contributed by atoms with Crippen LogP contribution in [0.3, 0.4) is 0 Å². The van der Waals surface area contributed by atoms with Crippen LogP contribution in [-0.2, 0) is 6.42 Å². The van der Waals surface area contributed by atoms with Gasteiger partial charge in [-0.2, -0.15) is 0 Å². The molecule has 1 N–H and O–H groups in total. The highest BCUT2D eigenvalue weighted by atomic mass is 19.1. The standard InChI is InChI=1S/C19H24FN/c1-3-5-9-19(16-10-12-17(20)13-11-16)21-18-8-6-7-15(4-2)14-18/h6-8,10-14,19,21H,3-5,9H2,1-2H3. The molecule has 0 amide bonds. The maximum Gasteiger partial charge on any atom is 0.123 e. The van der Waals surface area contributed by atoms with Crippen LogP contribution in [0.25, 0.3) is 0 Å². The highest BCUT2D eigenvalue weighted by Gasteiger charge is 2.11. The third-order valence-corrected chi connectivity index (χ3v) is 3.79. The monoisotopic (exact) mass is 285 g/mol. The zero-order valence-electron chi connectivity index (χ0n) is 12.9. The van der Waals surface area contributed by atoms with Gasteiger partial charge >= 0.3 is 0 Å². The summed E-state index contributed by atoms with van der Waals surface area (Å²) in [5.74, 6) is -0.180. The average Bonchev–Trinajstić information content (AvgIpc) is 2.52. The summed E-state index contributed by atoms with van der Waals surface area (Å²) in [6.07, 6.45) is 4.40. The van der Waals surface area contributed by atoms with E-state index < -0.39 is 0 Å². The zero-order valence-corrected chi connectivity index (χ0v) is 12.9. The Morgan fingerprint density at radius 1 is 1.05 bits per heavy atom. The number of unbranched alkanes of at least 4 members (excludes halogenated alkanes) is 1. The topological polar surface area (TPSA) is 12.0 Å². The first-order valence-corrected chi connectivity index (χ1v) is 7.84. The molecule has 0 saturated carbocycles. The highest BCUT2D eigenvalue weighted by molar-refractivity contribution is 5.48. The number of rotatable bonds is 7.